The zero-order valence-electron chi connectivity index (χ0n) is 10.2. The Morgan fingerprint density at radius 2 is 2.19 bits per heavy atom. The van der Waals surface area contributed by atoms with Crippen molar-refractivity contribution in [1.82, 2.24) is 0 Å². The van der Waals surface area contributed by atoms with Gasteiger partial charge in [0.2, 0.25) is 0 Å². The molecule has 1 aliphatic heterocycles. The molecule has 0 bridgehead atoms. The Bertz CT molecular complexity index is 235. The summed E-state index contributed by atoms with van der Waals surface area (Å²) in [5, 5.41) is 20.2. The average molecular weight is 230 g/mol. The van der Waals surface area contributed by atoms with Crippen LogP contribution in [-0.4, -0.2) is 40.9 Å². The van der Waals surface area contributed by atoms with Crippen molar-refractivity contribution in [1.29, 1.82) is 0 Å². The number of hydrogen-bond donors (Lipinski definition) is 2. The van der Waals surface area contributed by atoms with Gasteiger partial charge in [0, 0.05) is 5.92 Å². The standard InChI is InChI=1S/C12H22O4/c1-5-7-15-11-8(3)10(13)12(4,14)9(6-2)16-11/h5,8-11,13-14H,1,6-7H2,2-4H3/t8-,9-,10-,11+,12-/m1/s1. The number of aliphatic hydroxyl groups is 2. The van der Waals surface area contributed by atoms with E-state index in [9.17, 15) is 10.2 Å². The fourth-order valence-corrected chi connectivity index (χ4v) is 2.16. The lowest BCUT2D eigenvalue weighted by molar-refractivity contribution is -0.304. The van der Waals surface area contributed by atoms with Crippen LogP contribution in [-0.2, 0) is 9.47 Å². The van der Waals surface area contributed by atoms with Gasteiger partial charge in [-0.3, -0.25) is 0 Å². The predicted octanol–water partition coefficient (Wildman–Crippen LogP) is 1.07. The van der Waals surface area contributed by atoms with Crippen molar-refractivity contribution >= 4 is 0 Å². The van der Waals surface area contributed by atoms with Crippen molar-refractivity contribution in [3.8, 4) is 0 Å². The fourth-order valence-electron chi connectivity index (χ4n) is 2.16. The van der Waals surface area contributed by atoms with Gasteiger partial charge in [-0.1, -0.05) is 19.9 Å². The molecule has 0 aromatic rings. The van der Waals surface area contributed by atoms with Crippen molar-refractivity contribution in [2.75, 3.05) is 6.61 Å². The molecule has 1 heterocycles. The van der Waals surface area contributed by atoms with Gasteiger partial charge in [0.25, 0.3) is 0 Å². The largest absolute Gasteiger partial charge is 0.390 e. The first-order valence-corrected chi connectivity index (χ1v) is 5.73. The second-order valence-corrected chi connectivity index (χ2v) is 4.55. The van der Waals surface area contributed by atoms with Gasteiger partial charge in [0.1, 0.15) is 5.60 Å². The molecule has 5 atom stereocenters. The first kappa shape index (κ1) is 13.6. The SMILES string of the molecule is C=CCO[C@H]1O[C@H](CC)[C@@](C)(O)[C@H](O)[C@H]1C. The molecule has 0 spiro atoms. The zero-order chi connectivity index (χ0) is 12.3. The van der Waals surface area contributed by atoms with Gasteiger partial charge in [-0.05, 0) is 13.3 Å². The normalized spacial score (nSPS) is 44.3. The van der Waals surface area contributed by atoms with Gasteiger partial charge in [-0.2, -0.15) is 0 Å². The number of ether oxygens (including phenoxy) is 2. The molecule has 16 heavy (non-hydrogen) atoms. The fraction of sp³-hybridized carbons (Fsp3) is 0.833. The van der Waals surface area contributed by atoms with Gasteiger partial charge < -0.3 is 19.7 Å². The van der Waals surface area contributed by atoms with E-state index < -0.39 is 24.1 Å². The molecule has 4 nitrogen and oxygen atoms in total. The lowest BCUT2D eigenvalue weighted by Gasteiger charge is -2.47. The zero-order valence-corrected chi connectivity index (χ0v) is 10.2. The highest BCUT2D eigenvalue weighted by molar-refractivity contribution is 4.97. The van der Waals surface area contributed by atoms with Crippen LogP contribution in [0, 0.1) is 5.92 Å². The summed E-state index contributed by atoms with van der Waals surface area (Å²) in [5.41, 5.74) is -1.22. The third-order valence-electron chi connectivity index (χ3n) is 3.23. The van der Waals surface area contributed by atoms with Crippen LogP contribution in [0.2, 0.25) is 0 Å². The minimum absolute atomic E-state index is 0.266. The summed E-state index contributed by atoms with van der Waals surface area (Å²) in [6.07, 6.45) is 0.522. The summed E-state index contributed by atoms with van der Waals surface area (Å²) in [6.45, 7) is 9.26. The summed E-state index contributed by atoms with van der Waals surface area (Å²) < 4.78 is 11.1. The van der Waals surface area contributed by atoms with E-state index in [1.807, 2.05) is 6.92 Å². The molecule has 0 amide bonds. The third-order valence-corrected chi connectivity index (χ3v) is 3.23. The van der Waals surface area contributed by atoms with E-state index in [4.69, 9.17) is 9.47 Å². The highest BCUT2D eigenvalue weighted by Gasteiger charge is 2.49. The van der Waals surface area contributed by atoms with Crippen molar-refractivity contribution < 1.29 is 19.7 Å². The molecular weight excluding hydrogens is 208 g/mol. The lowest BCUT2D eigenvalue weighted by atomic mass is 9.81. The molecular formula is C12H22O4. The van der Waals surface area contributed by atoms with Gasteiger partial charge in [-0.15, -0.1) is 6.58 Å². The Morgan fingerprint density at radius 1 is 1.56 bits per heavy atom. The molecule has 94 valence electrons. The summed E-state index contributed by atoms with van der Waals surface area (Å²) in [4.78, 5) is 0. The van der Waals surface area contributed by atoms with Crippen molar-refractivity contribution in [2.45, 2.75) is 51.3 Å². The van der Waals surface area contributed by atoms with E-state index >= 15 is 0 Å². The van der Waals surface area contributed by atoms with Crippen molar-refractivity contribution in [2.24, 2.45) is 5.92 Å². The average Bonchev–Trinajstić information content (AvgIpc) is 2.25. The van der Waals surface area contributed by atoms with E-state index in [0.29, 0.717) is 13.0 Å². The number of rotatable bonds is 4. The molecule has 4 heteroatoms. The summed E-state index contributed by atoms with van der Waals surface area (Å²) in [5.74, 6) is -0.266. The van der Waals surface area contributed by atoms with Crippen molar-refractivity contribution in [3.63, 3.8) is 0 Å². The van der Waals surface area contributed by atoms with Crippen LogP contribution >= 0.6 is 0 Å². The smallest absolute Gasteiger partial charge is 0.163 e. The Labute approximate surface area is 96.9 Å². The maximum Gasteiger partial charge on any atom is 0.163 e. The lowest BCUT2D eigenvalue weighted by Crippen LogP contribution is -2.61. The molecule has 1 fully saturated rings. The number of aliphatic hydroxyl groups excluding tert-OH is 1. The van der Waals surface area contributed by atoms with Crippen LogP contribution in [0.4, 0.5) is 0 Å². The van der Waals surface area contributed by atoms with E-state index in [-0.39, 0.29) is 5.92 Å². The minimum Gasteiger partial charge on any atom is -0.390 e. The second kappa shape index (κ2) is 5.27. The van der Waals surface area contributed by atoms with Crippen LogP contribution in [0.1, 0.15) is 27.2 Å². The summed E-state index contributed by atoms with van der Waals surface area (Å²) in [7, 11) is 0. The highest BCUT2D eigenvalue weighted by atomic mass is 16.7. The van der Waals surface area contributed by atoms with E-state index in [2.05, 4.69) is 6.58 Å². The molecule has 0 aromatic carbocycles. The van der Waals surface area contributed by atoms with E-state index in [1.54, 1.807) is 19.9 Å². The second-order valence-electron chi connectivity index (χ2n) is 4.55. The van der Waals surface area contributed by atoms with Gasteiger partial charge in [0.05, 0.1) is 18.8 Å². The van der Waals surface area contributed by atoms with Gasteiger partial charge >= 0.3 is 0 Å². The molecule has 1 saturated heterocycles. The third kappa shape index (κ3) is 2.46. The predicted molar refractivity (Wildman–Crippen MR) is 60.9 cm³/mol. The first-order valence-electron chi connectivity index (χ1n) is 5.73. The quantitative estimate of drug-likeness (QED) is 0.709. The van der Waals surface area contributed by atoms with Crippen LogP contribution in [0.5, 0.6) is 0 Å². The van der Waals surface area contributed by atoms with Crippen LogP contribution in [0.25, 0.3) is 0 Å². The van der Waals surface area contributed by atoms with E-state index in [0.717, 1.165) is 0 Å². The number of hydrogen-bond acceptors (Lipinski definition) is 4. The molecule has 1 rings (SSSR count). The van der Waals surface area contributed by atoms with E-state index in [1.165, 1.54) is 0 Å². The Hall–Kier alpha value is -0.420. The minimum atomic E-state index is -1.22. The molecule has 0 aromatic heterocycles. The van der Waals surface area contributed by atoms with Crippen LogP contribution in [0.3, 0.4) is 0 Å². The van der Waals surface area contributed by atoms with Crippen molar-refractivity contribution in [3.05, 3.63) is 12.7 Å². The summed E-state index contributed by atoms with van der Waals surface area (Å²) in [6, 6.07) is 0. The molecule has 1 aliphatic rings. The topological polar surface area (TPSA) is 58.9 Å². The van der Waals surface area contributed by atoms with Gasteiger partial charge in [0.15, 0.2) is 6.29 Å². The monoisotopic (exact) mass is 230 g/mol. The molecule has 0 saturated carbocycles. The first-order chi connectivity index (χ1) is 7.45. The van der Waals surface area contributed by atoms with Crippen LogP contribution < -0.4 is 0 Å². The Morgan fingerprint density at radius 3 is 2.69 bits per heavy atom. The molecule has 2 N–H and O–H groups in total. The Balaban J connectivity index is 2.75. The molecule has 0 unspecified atom stereocenters. The maximum atomic E-state index is 10.2. The molecule has 0 radical (unpaired) electrons. The maximum absolute atomic E-state index is 10.2. The summed E-state index contributed by atoms with van der Waals surface area (Å²) >= 11 is 0. The molecule has 0 aliphatic carbocycles. The van der Waals surface area contributed by atoms with Crippen LogP contribution in [0.15, 0.2) is 12.7 Å². The highest BCUT2D eigenvalue weighted by Crippen LogP contribution is 2.35. The van der Waals surface area contributed by atoms with Gasteiger partial charge in [-0.25, -0.2) is 0 Å². The Kier molecular flexibility index (Phi) is 4.50.